The van der Waals surface area contributed by atoms with Crippen molar-refractivity contribution in [3.63, 3.8) is 0 Å². The minimum atomic E-state index is 0.0745. The van der Waals surface area contributed by atoms with E-state index in [1.807, 2.05) is 12.3 Å². The summed E-state index contributed by atoms with van der Waals surface area (Å²) in [6.07, 6.45) is 7.02. The molecular weight excluding hydrogens is 222 g/mol. The third-order valence-corrected chi connectivity index (χ3v) is 3.85. The lowest BCUT2D eigenvalue weighted by molar-refractivity contribution is 0.458. The minimum absolute atomic E-state index is 0.0745. The molecule has 0 spiro atoms. The Kier molecular flexibility index (Phi) is 2.65. The fourth-order valence-corrected chi connectivity index (χ4v) is 2.93. The Hall–Kier alpha value is -1.38. The van der Waals surface area contributed by atoms with Gasteiger partial charge in [0.25, 0.3) is 0 Å². The average molecular weight is 243 g/mol. The van der Waals surface area contributed by atoms with Gasteiger partial charge in [-0.1, -0.05) is 33.6 Å². The predicted octanol–water partition coefficient (Wildman–Crippen LogP) is 3.84. The van der Waals surface area contributed by atoms with Crippen molar-refractivity contribution in [2.24, 2.45) is 0 Å². The summed E-state index contributed by atoms with van der Waals surface area (Å²) in [5.41, 5.74) is 2.32. The molecule has 3 rings (SSSR count). The fraction of sp³-hybridized carbons (Fsp3) is 0.600. The van der Waals surface area contributed by atoms with Gasteiger partial charge in [-0.05, 0) is 25.0 Å². The van der Waals surface area contributed by atoms with Gasteiger partial charge in [0.15, 0.2) is 5.65 Å². The zero-order valence-corrected chi connectivity index (χ0v) is 11.5. The van der Waals surface area contributed by atoms with Crippen LogP contribution in [0.5, 0.6) is 0 Å². The van der Waals surface area contributed by atoms with Crippen molar-refractivity contribution in [1.29, 1.82) is 0 Å². The summed E-state index contributed by atoms with van der Waals surface area (Å²) >= 11 is 0. The van der Waals surface area contributed by atoms with Crippen molar-refractivity contribution in [1.82, 2.24) is 14.8 Å². The maximum Gasteiger partial charge on any atom is 0.158 e. The predicted molar refractivity (Wildman–Crippen MR) is 73.7 cm³/mol. The molecule has 96 valence electrons. The molecule has 1 aliphatic rings. The molecule has 0 atom stereocenters. The van der Waals surface area contributed by atoms with Crippen molar-refractivity contribution in [2.75, 3.05) is 0 Å². The van der Waals surface area contributed by atoms with E-state index in [9.17, 15) is 0 Å². The molecule has 1 saturated carbocycles. The number of hydrogen-bond donors (Lipinski definition) is 0. The third kappa shape index (κ3) is 1.82. The first-order valence-corrected chi connectivity index (χ1v) is 6.91. The topological polar surface area (TPSA) is 30.7 Å². The smallest absolute Gasteiger partial charge is 0.158 e. The first-order valence-electron chi connectivity index (χ1n) is 6.91. The number of rotatable bonds is 1. The summed E-state index contributed by atoms with van der Waals surface area (Å²) in [5.74, 6) is 0. The van der Waals surface area contributed by atoms with Crippen molar-refractivity contribution in [3.8, 4) is 0 Å². The normalized spacial score (nSPS) is 17.7. The highest BCUT2D eigenvalue weighted by Gasteiger charge is 2.26. The molecule has 2 aromatic rings. The molecule has 2 heterocycles. The van der Waals surface area contributed by atoms with E-state index in [2.05, 4.69) is 36.5 Å². The van der Waals surface area contributed by atoms with Crippen molar-refractivity contribution in [2.45, 2.75) is 57.9 Å². The van der Waals surface area contributed by atoms with Crippen LogP contribution in [0, 0.1) is 0 Å². The van der Waals surface area contributed by atoms with E-state index in [0.717, 1.165) is 5.65 Å². The van der Waals surface area contributed by atoms with E-state index >= 15 is 0 Å². The molecule has 18 heavy (non-hydrogen) atoms. The summed E-state index contributed by atoms with van der Waals surface area (Å²) < 4.78 is 2.18. The Morgan fingerprint density at radius 1 is 1.22 bits per heavy atom. The summed E-state index contributed by atoms with van der Waals surface area (Å²) in [7, 11) is 0. The Morgan fingerprint density at radius 2 is 1.94 bits per heavy atom. The van der Waals surface area contributed by atoms with Crippen molar-refractivity contribution in [3.05, 3.63) is 24.0 Å². The molecular formula is C15H21N3. The van der Waals surface area contributed by atoms with Crippen molar-refractivity contribution < 1.29 is 0 Å². The maximum absolute atomic E-state index is 4.90. The zero-order chi connectivity index (χ0) is 12.8. The summed E-state index contributed by atoms with van der Waals surface area (Å²) in [4.78, 5) is 4.56. The molecule has 1 fully saturated rings. The van der Waals surface area contributed by atoms with E-state index in [4.69, 9.17) is 5.10 Å². The van der Waals surface area contributed by atoms with Crippen LogP contribution >= 0.6 is 0 Å². The molecule has 2 aromatic heterocycles. The van der Waals surface area contributed by atoms with Crippen LogP contribution in [0.3, 0.4) is 0 Å². The fourth-order valence-electron chi connectivity index (χ4n) is 2.93. The van der Waals surface area contributed by atoms with E-state index in [-0.39, 0.29) is 5.41 Å². The van der Waals surface area contributed by atoms with E-state index in [1.165, 1.54) is 36.8 Å². The summed E-state index contributed by atoms with van der Waals surface area (Å²) in [6, 6.07) is 4.72. The number of aromatic nitrogens is 3. The minimum Gasteiger partial charge on any atom is -0.244 e. The van der Waals surface area contributed by atoms with Gasteiger partial charge in [-0.3, -0.25) is 0 Å². The second-order valence-electron chi connectivity index (χ2n) is 6.36. The Bertz CT molecular complexity index is 557. The molecule has 0 aliphatic heterocycles. The van der Waals surface area contributed by atoms with Crippen LogP contribution in [0.4, 0.5) is 0 Å². The molecule has 3 nitrogen and oxygen atoms in total. The van der Waals surface area contributed by atoms with Gasteiger partial charge in [0.1, 0.15) is 0 Å². The Morgan fingerprint density at radius 3 is 2.61 bits per heavy atom. The Balaban J connectivity index is 2.20. The molecule has 0 N–H and O–H groups in total. The average Bonchev–Trinajstić information content (AvgIpc) is 2.94. The largest absolute Gasteiger partial charge is 0.244 e. The van der Waals surface area contributed by atoms with Gasteiger partial charge in [0, 0.05) is 17.0 Å². The van der Waals surface area contributed by atoms with E-state index in [1.54, 1.807) is 0 Å². The molecule has 0 amide bonds. The first-order chi connectivity index (χ1) is 8.57. The highest BCUT2D eigenvalue weighted by atomic mass is 15.3. The highest BCUT2D eigenvalue weighted by molar-refractivity contribution is 5.79. The second kappa shape index (κ2) is 4.08. The molecule has 0 saturated heterocycles. The molecule has 0 unspecified atom stereocenters. The van der Waals surface area contributed by atoms with Crippen LogP contribution in [-0.2, 0) is 5.41 Å². The third-order valence-electron chi connectivity index (χ3n) is 3.85. The number of pyridine rings is 1. The van der Waals surface area contributed by atoms with E-state index in [0.29, 0.717) is 6.04 Å². The first kappa shape index (κ1) is 11.7. The van der Waals surface area contributed by atoms with Crippen LogP contribution in [0.2, 0.25) is 0 Å². The number of fused-ring (bicyclic) bond motifs is 1. The standard InChI is InChI=1S/C15H21N3/c1-15(2,3)13-12-9-6-10-16-14(12)18(17-13)11-7-4-5-8-11/h6,9-11H,4-5,7-8H2,1-3H3. The molecule has 1 aliphatic carbocycles. The van der Waals surface area contributed by atoms with Crippen molar-refractivity contribution >= 4 is 11.0 Å². The lowest BCUT2D eigenvalue weighted by Crippen LogP contribution is -2.14. The lowest BCUT2D eigenvalue weighted by atomic mass is 9.90. The lowest BCUT2D eigenvalue weighted by Gasteiger charge is -2.15. The summed E-state index contributed by atoms with van der Waals surface area (Å²) in [5, 5.41) is 6.12. The van der Waals surface area contributed by atoms with Gasteiger partial charge in [-0.15, -0.1) is 0 Å². The second-order valence-corrected chi connectivity index (χ2v) is 6.36. The molecule has 0 radical (unpaired) electrons. The number of hydrogen-bond acceptors (Lipinski definition) is 2. The van der Waals surface area contributed by atoms with Gasteiger partial charge in [-0.25, -0.2) is 9.67 Å². The van der Waals surface area contributed by atoms with Crippen LogP contribution in [-0.4, -0.2) is 14.8 Å². The van der Waals surface area contributed by atoms with Crippen LogP contribution < -0.4 is 0 Å². The Labute approximate surface area is 108 Å². The van der Waals surface area contributed by atoms with Crippen LogP contribution in [0.15, 0.2) is 18.3 Å². The monoisotopic (exact) mass is 243 g/mol. The van der Waals surface area contributed by atoms with Gasteiger partial charge in [-0.2, -0.15) is 5.10 Å². The molecule has 3 heteroatoms. The van der Waals surface area contributed by atoms with Gasteiger partial charge in [0.05, 0.1) is 11.7 Å². The summed E-state index contributed by atoms with van der Waals surface area (Å²) in [6.45, 7) is 6.67. The van der Waals surface area contributed by atoms with Gasteiger partial charge < -0.3 is 0 Å². The maximum atomic E-state index is 4.90. The zero-order valence-electron chi connectivity index (χ0n) is 11.5. The highest BCUT2D eigenvalue weighted by Crippen LogP contribution is 2.34. The molecule has 0 bridgehead atoms. The quantitative estimate of drug-likeness (QED) is 0.761. The van der Waals surface area contributed by atoms with Crippen LogP contribution in [0.1, 0.15) is 58.2 Å². The van der Waals surface area contributed by atoms with E-state index < -0.39 is 0 Å². The SMILES string of the molecule is CC(C)(C)c1nn(C2CCCC2)c2ncccc12. The van der Waals surface area contributed by atoms with Gasteiger partial charge >= 0.3 is 0 Å². The van der Waals surface area contributed by atoms with Gasteiger partial charge in [0.2, 0.25) is 0 Å². The molecule has 0 aromatic carbocycles. The number of nitrogens with zero attached hydrogens (tertiary/aromatic N) is 3. The van der Waals surface area contributed by atoms with Crippen LogP contribution in [0.25, 0.3) is 11.0 Å².